The Labute approximate surface area is 208 Å². The molecule has 4 rings (SSSR count). The van der Waals surface area contributed by atoms with Crippen molar-refractivity contribution >= 4 is 63.5 Å². The third-order valence-corrected chi connectivity index (χ3v) is 8.58. The molecule has 3 atom stereocenters. The summed E-state index contributed by atoms with van der Waals surface area (Å²) < 4.78 is 0. The van der Waals surface area contributed by atoms with Crippen molar-refractivity contribution < 1.29 is 24.3 Å². The fourth-order valence-electron chi connectivity index (χ4n) is 3.91. The number of hydrogen-bond acceptors (Lipinski definition) is 11. The van der Waals surface area contributed by atoms with Crippen molar-refractivity contribution in [2.24, 2.45) is 5.16 Å². The van der Waals surface area contributed by atoms with Crippen LogP contribution in [-0.2, 0) is 19.2 Å². The van der Waals surface area contributed by atoms with Crippen LogP contribution in [0.3, 0.4) is 0 Å². The van der Waals surface area contributed by atoms with Gasteiger partial charge in [0.25, 0.3) is 11.8 Å². The van der Waals surface area contributed by atoms with Crippen LogP contribution in [0.1, 0.15) is 12.1 Å². The number of carboxylic acids is 1. The van der Waals surface area contributed by atoms with Gasteiger partial charge in [0.15, 0.2) is 10.8 Å². The molecule has 4 N–H and O–H groups in total. The summed E-state index contributed by atoms with van der Waals surface area (Å²) in [4.78, 5) is 50.0. The van der Waals surface area contributed by atoms with Gasteiger partial charge in [0.1, 0.15) is 29.9 Å². The molecule has 0 spiro atoms. The summed E-state index contributed by atoms with van der Waals surface area (Å²) in [6, 6.07) is -0.890. The minimum absolute atomic E-state index is 0.0438. The second-order valence-electron chi connectivity index (χ2n) is 7.85. The number of carbonyl (C=O) groups is 3. The Balaban J connectivity index is 1.46. The first kappa shape index (κ1) is 24.6. The number of fused-ring (bicyclic) bond motifs is 1. The summed E-state index contributed by atoms with van der Waals surface area (Å²) in [6.45, 7) is 2.04. The summed E-state index contributed by atoms with van der Waals surface area (Å²) in [7, 11) is 3.37. The molecule has 0 aliphatic carbocycles. The van der Waals surface area contributed by atoms with Crippen molar-refractivity contribution in [3.8, 4) is 0 Å². The number of nitrogen functional groups attached to an aromatic ring is 1. The number of thiazole rings is 1. The number of aromatic nitrogens is 1. The second-order valence-corrected chi connectivity index (χ2v) is 11.1. The number of hydrogen-bond donors (Lipinski definition) is 3. The van der Waals surface area contributed by atoms with E-state index in [0.717, 1.165) is 30.8 Å². The Bertz CT molecular complexity index is 1090. The van der Waals surface area contributed by atoms with Gasteiger partial charge in [0.2, 0.25) is 0 Å². The number of oxime groups is 1. The van der Waals surface area contributed by atoms with Crippen LogP contribution in [0, 0.1) is 0 Å². The predicted octanol–water partition coefficient (Wildman–Crippen LogP) is 0.765. The first-order valence-corrected chi connectivity index (χ1v) is 13.2. The summed E-state index contributed by atoms with van der Waals surface area (Å²) in [6.07, 6.45) is 2.87. The van der Waals surface area contributed by atoms with Gasteiger partial charge < -0.3 is 25.9 Å². The Morgan fingerprint density at radius 2 is 2.26 bits per heavy atom. The number of β-lactam (4-membered cyclic amide) rings is 1. The molecule has 3 aliphatic rings. The quantitative estimate of drug-likeness (QED) is 0.253. The zero-order chi connectivity index (χ0) is 24.4. The molecule has 1 aromatic heterocycles. The molecule has 0 bridgehead atoms. The number of likely N-dealkylation sites (tertiary alicyclic amines) is 1. The van der Waals surface area contributed by atoms with Crippen molar-refractivity contribution in [2.75, 3.05) is 38.7 Å². The Morgan fingerprint density at radius 3 is 2.88 bits per heavy atom. The SMILES string of the molecule is CON=C(C(=O)N[C@@H]1C(=O)N2C(C(=O)O)=C(/C=C/S[C@H]3CCN(C)C3)CS[C@H]12)c1csc(N)n1. The van der Waals surface area contributed by atoms with Crippen molar-refractivity contribution in [1.29, 1.82) is 0 Å². The topological polar surface area (TPSA) is 150 Å². The molecule has 0 unspecified atom stereocenters. The summed E-state index contributed by atoms with van der Waals surface area (Å²) >= 11 is 4.21. The number of nitrogens with two attached hydrogens (primary N) is 1. The maximum atomic E-state index is 12.9. The largest absolute Gasteiger partial charge is 0.477 e. The molecule has 34 heavy (non-hydrogen) atoms. The fraction of sp³-hybridized carbons (Fsp3) is 0.450. The van der Waals surface area contributed by atoms with E-state index in [-0.39, 0.29) is 22.2 Å². The molecule has 2 saturated heterocycles. The van der Waals surface area contributed by atoms with E-state index in [1.54, 1.807) is 23.2 Å². The molecule has 2 fully saturated rings. The van der Waals surface area contributed by atoms with Crippen LogP contribution >= 0.6 is 34.9 Å². The average molecular weight is 525 g/mol. The summed E-state index contributed by atoms with van der Waals surface area (Å²) in [5.41, 5.74) is 6.28. The first-order valence-electron chi connectivity index (χ1n) is 10.3. The molecule has 14 heteroatoms. The van der Waals surface area contributed by atoms with E-state index >= 15 is 0 Å². The van der Waals surface area contributed by atoms with E-state index in [2.05, 4.69) is 27.4 Å². The maximum absolute atomic E-state index is 12.9. The lowest BCUT2D eigenvalue weighted by molar-refractivity contribution is -0.150. The molecular weight excluding hydrogens is 500 g/mol. The predicted molar refractivity (Wildman–Crippen MR) is 132 cm³/mol. The van der Waals surface area contributed by atoms with Crippen molar-refractivity contribution in [2.45, 2.75) is 23.1 Å². The van der Waals surface area contributed by atoms with Crippen molar-refractivity contribution in [1.82, 2.24) is 20.1 Å². The molecule has 1 aromatic rings. The first-order chi connectivity index (χ1) is 16.3. The Kier molecular flexibility index (Phi) is 7.50. The fourth-order valence-corrected chi connectivity index (χ4v) is 6.82. The highest BCUT2D eigenvalue weighted by Crippen LogP contribution is 2.41. The number of anilines is 1. The zero-order valence-corrected chi connectivity index (χ0v) is 20.9. The zero-order valence-electron chi connectivity index (χ0n) is 18.5. The molecule has 182 valence electrons. The van der Waals surface area contributed by atoms with Gasteiger partial charge in [-0.05, 0) is 37.1 Å². The van der Waals surface area contributed by atoms with Gasteiger partial charge >= 0.3 is 5.97 Å². The normalized spacial score (nSPS) is 25.5. The smallest absolute Gasteiger partial charge is 0.352 e. The van der Waals surface area contributed by atoms with Gasteiger partial charge in [-0.25, -0.2) is 9.78 Å². The number of carboxylic acid groups (broad SMARTS) is 1. The minimum atomic E-state index is -1.17. The number of nitrogens with one attached hydrogen (secondary N) is 1. The van der Waals surface area contributed by atoms with Crippen LogP contribution in [0.2, 0.25) is 0 Å². The van der Waals surface area contributed by atoms with E-state index in [4.69, 9.17) is 10.6 Å². The number of aliphatic carboxylic acids is 1. The van der Waals surface area contributed by atoms with E-state index in [0.29, 0.717) is 16.6 Å². The maximum Gasteiger partial charge on any atom is 0.352 e. The number of nitrogens with zero attached hydrogens (tertiary/aromatic N) is 4. The standard InChI is InChI=1S/C20H24N6O5S3/c1-25-5-3-11(7-25)32-6-4-10-8-33-18-14(17(28)26(18)15(10)19(29)30)23-16(27)13(24-31-2)12-9-34-20(21)22-12/h4,6,9,11,14,18H,3,5,7-8H2,1-2H3,(H2,21,22)(H,23,27)(H,29,30)/b6-4+,24-13?/t11-,14+,18+/m0/s1. The van der Waals surface area contributed by atoms with Gasteiger partial charge in [-0.15, -0.1) is 34.9 Å². The van der Waals surface area contributed by atoms with E-state index in [9.17, 15) is 19.5 Å². The highest BCUT2D eigenvalue weighted by molar-refractivity contribution is 8.02. The number of rotatable bonds is 8. The van der Waals surface area contributed by atoms with E-state index in [1.807, 2.05) is 5.41 Å². The summed E-state index contributed by atoms with van der Waals surface area (Å²) in [5, 5.41) is 19.9. The van der Waals surface area contributed by atoms with Crippen molar-refractivity contribution in [3.05, 3.63) is 33.8 Å². The van der Waals surface area contributed by atoms with E-state index < -0.39 is 29.2 Å². The van der Waals surface area contributed by atoms with Crippen LogP contribution in [0.4, 0.5) is 5.13 Å². The second kappa shape index (κ2) is 10.4. The van der Waals surface area contributed by atoms with Gasteiger partial charge in [-0.1, -0.05) is 5.16 Å². The van der Waals surface area contributed by atoms with Crippen molar-refractivity contribution in [3.63, 3.8) is 0 Å². The number of carbonyl (C=O) groups excluding carboxylic acids is 2. The Hall–Kier alpha value is -2.55. The monoisotopic (exact) mass is 524 g/mol. The third kappa shape index (κ3) is 4.94. The lowest BCUT2D eigenvalue weighted by atomic mass is 10.0. The molecular formula is C20H24N6O5S3. The van der Waals surface area contributed by atoms with E-state index in [1.165, 1.54) is 23.8 Å². The van der Waals surface area contributed by atoms with Gasteiger partial charge in [0.05, 0.1) is 0 Å². The van der Waals surface area contributed by atoms with Crippen LogP contribution < -0.4 is 11.1 Å². The third-order valence-electron chi connectivity index (χ3n) is 5.54. The van der Waals surface area contributed by atoms with Crippen LogP contribution in [0.15, 0.2) is 33.3 Å². The van der Waals surface area contributed by atoms with Crippen LogP contribution in [-0.4, -0.2) is 93.1 Å². The lowest BCUT2D eigenvalue weighted by Gasteiger charge is -2.49. The molecule has 3 aliphatic heterocycles. The van der Waals surface area contributed by atoms with Gasteiger partial charge in [-0.2, -0.15) is 0 Å². The number of allylic oxidation sites excluding steroid dienone is 1. The van der Waals surface area contributed by atoms with Crippen LogP contribution in [0.25, 0.3) is 0 Å². The highest BCUT2D eigenvalue weighted by Gasteiger charge is 2.54. The summed E-state index contributed by atoms with van der Waals surface area (Å²) in [5.74, 6) is -1.91. The van der Waals surface area contributed by atoms with Gasteiger partial charge in [0, 0.05) is 22.9 Å². The lowest BCUT2D eigenvalue weighted by Crippen LogP contribution is -2.71. The average Bonchev–Trinajstić information content (AvgIpc) is 3.42. The number of amides is 2. The van der Waals surface area contributed by atoms with Gasteiger partial charge in [-0.3, -0.25) is 14.5 Å². The molecule has 0 radical (unpaired) electrons. The van der Waals surface area contributed by atoms with Crippen LogP contribution in [0.5, 0.6) is 0 Å². The molecule has 0 aromatic carbocycles. The molecule has 11 nitrogen and oxygen atoms in total. The molecule has 4 heterocycles. The highest BCUT2D eigenvalue weighted by atomic mass is 32.2. The Morgan fingerprint density at radius 1 is 1.47 bits per heavy atom. The molecule has 0 saturated carbocycles. The molecule has 2 amide bonds. The minimum Gasteiger partial charge on any atom is -0.477 e. The number of thioether (sulfide) groups is 2.